The van der Waals surface area contributed by atoms with Crippen molar-refractivity contribution in [3.8, 4) is 0 Å². The number of ether oxygens (including phenoxy) is 1. The maximum Gasteiger partial charge on any atom is 0.309 e. The van der Waals surface area contributed by atoms with Crippen LogP contribution >= 0.6 is 11.3 Å². The molecule has 1 N–H and O–H groups in total. The number of esters is 1. The summed E-state index contributed by atoms with van der Waals surface area (Å²) in [6.07, 6.45) is 6.46. The minimum Gasteiger partial charge on any atom is -0.459 e. The molecule has 2 aliphatic rings. The van der Waals surface area contributed by atoms with E-state index >= 15 is 0 Å². The SMILES string of the molecule is O=C(OCc1csc(Nc2ccccc2)n1)C1CC2C=CC1C2. The second-order valence-electron chi connectivity index (χ2n) is 6.13. The van der Waals surface area contributed by atoms with Crippen LogP contribution in [-0.4, -0.2) is 11.0 Å². The van der Waals surface area contributed by atoms with Crippen molar-refractivity contribution in [3.05, 3.63) is 53.6 Å². The third-order valence-corrected chi connectivity index (χ3v) is 5.33. The molecule has 3 unspecified atom stereocenters. The molecule has 1 fully saturated rings. The van der Waals surface area contributed by atoms with Crippen LogP contribution in [0.25, 0.3) is 0 Å². The summed E-state index contributed by atoms with van der Waals surface area (Å²) in [7, 11) is 0. The Balaban J connectivity index is 1.31. The van der Waals surface area contributed by atoms with Gasteiger partial charge in [-0.05, 0) is 36.8 Å². The van der Waals surface area contributed by atoms with E-state index < -0.39 is 0 Å². The molecule has 0 spiro atoms. The molecule has 118 valence electrons. The number of allylic oxidation sites excluding steroid dienone is 2. The van der Waals surface area contributed by atoms with Crippen molar-refractivity contribution in [3.63, 3.8) is 0 Å². The Morgan fingerprint density at radius 3 is 2.87 bits per heavy atom. The largest absolute Gasteiger partial charge is 0.459 e. The van der Waals surface area contributed by atoms with Crippen molar-refractivity contribution in [1.29, 1.82) is 0 Å². The molecular weight excluding hydrogens is 308 g/mol. The van der Waals surface area contributed by atoms with E-state index in [1.807, 2.05) is 35.7 Å². The number of carbonyl (C=O) groups is 1. The van der Waals surface area contributed by atoms with Crippen molar-refractivity contribution >= 4 is 28.1 Å². The van der Waals surface area contributed by atoms with Gasteiger partial charge < -0.3 is 10.1 Å². The molecule has 3 atom stereocenters. The van der Waals surface area contributed by atoms with E-state index in [9.17, 15) is 4.79 Å². The Morgan fingerprint density at radius 2 is 2.13 bits per heavy atom. The Labute approximate surface area is 139 Å². The van der Waals surface area contributed by atoms with E-state index in [1.54, 1.807) is 0 Å². The molecule has 23 heavy (non-hydrogen) atoms. The van der Waals surface area contributed by atoms with Crippen LogP contribution in [0.3, 0.4) is 0 Å². The van der Waals surface area contributed by atoms with Crippen LogP contribution in [0.4, 0.5) is 10.8 Å². The monoisotopic (exact) mass is 326 g/mol. The summed E-state index contributed by atoms with van der Waals surface area (Å²) in [5.41, 5.74) is 1.79. The highest BCUT2D eigenvalue weighted by molar-refractivity contribution is 7.13. The average Bonchev–Trinajstić information content (AvgIpc) is 3.30. The first-order valence-electron chi connectivity index (χ1n) is 7.89. The average molecular weight is 326 g/mol. The summed E-state index contributed by atoms with van der Waals surface area (Å²) >= 11 is 1.52. The molecule has 1 saturated carbocycles. The van der Waals surface area contributed by atoms with Gasteiger partial charge in [0.25, 0.3) is 0 Å². The van der Waals surface area contributed by atoms with Gasteiger partial charge in [0, 0.05) is 11.1 Å². The number of hydrogen-bond acceptors (Lipinski definition) is 5. The fourth-order valence-electron chi connectivity index (χ4n) is 3.38. The smallest absolute Gasteiger partial charge is 0.309 e. The Bertz CT molecular complexity index is 726. The number of para-hydroxylation sites is 1. The van der Waals surface area contributed by atoms with Crippen LogP contribution in [0.1, 0.15) is 18.5 Å². The van der Waals surface area contributed by atoms with Gasteiger partial charge in [-0.2, -0.15) is 0 Å². The van der Waals surface area contributed by atoms with Gasteiger partial charge in [-0.15, -0.1) is 11.3 Å². The van der Waals surface area contributed by atoms with E-state index in [-0.39, 0.29) is 18.5 Å². The lowest BCUT2D eigenvalue weighted by atomic mass is 9.94. The molecule has 1 aromatic carbocycles. The van der Waals surface area contributed by atoms with Gasteiger partial charge >= 0.3 is 5.97 Å². The molecule has 4 rings (SSSR count). The quantitative estimate of drug-likeness (QED) is 0.663. The van der Waals surface area contributed by atoms with Crippen molar-refractivity contribution in [2.24, 2.45) is 17.8 Å². The van der Waals surface area contributed by atoms with Crippen LogP contribution in [0.2, 0.25) is 0 Å². The van der Waals surface area contributed by atoms with Crippen LogP contribution in [0.15, 0.2) is 47.9 Å². The molecule has 1 heterocycles. The first-order chi connectivity index (χ1) is 11.3. The highest BCUT2D eigenvalue weighted by Gasteiger charge is 2.40. The molecule has 2 bridgehead atoms. The van der Waals surface area contributed by atoms with Crippen molar-refractivity contribution in [2.45, 2.75) is 19.4 Å². The molecule has 0 radical (unpaired) electrons. The first kappa shape index (κ1) is 14.5. The summed E-state index contributed by atoms with van der Waals surface area (Å²) in [5, 5.41) is 5.99. The van der Waals surface area contributed by atoms with E-state index in [4.69, 9.17) is 4.74 Å². The highest BCUT2D eigenvalue weighted by Crippen LogP contribution is 2.43. The summed E-state index contributed by atoms with van der Waals surface area (Å²) in [5.74, 6) is 0.940. The Morgan fingerprint density at radius 1 is 1.26 bits per heavy atom. The number of anilines is 2. The van der Waals surface area contributed by atoms with Gasteiger partial charge in [0.05, 0.1) is 11.6 Å². The zero-order valence-corrected chi connectivity index (χ0v) is 13.5. The molecule has 2 aromatic rings. The van der Waals surface area contributed by atoms with Crippen molar-refractivity contribution < 1.29 is 9.53 Å². The lowest BCUT2D eigenvalue weighted by Gasteiger charge is -2.16. The molecular formula is C18H18N2O2S. The Hall–Kier alpha value is -2.14. The number of thiazole rings is 1. The maximum atomic E-state index is 12.2. The van der Waals surface area contributed by atoms with Crippen molar-refractivity contribution in [2.75, 3.05) is 5.32 Å². The van der Waals surface area contributed by atoms with Gasteiger partial charge in [-0.25, -0.2) is 4.98 Å². The number of rotatable bonds is 5. The van der Waals surface area contributed by atoms with E-state index in [0.29, 0.717) is 11.8 Å². The molecule has 0 saturated heterocycles. The molecule has 4 nitrogen and oxygen atoms in total. The first-order valence-corrected chi connectivity index (χ1v) is 8.77. The lowest BCUT2D eigenvalue weighted by molar-refractivity contribution is -0.150. The van der Waals surface area contributed by atoms with E-state index in [1.165, 1.54) is 11.3 Å². The van der Waals surface area contributed by atoms with Crippen molar-refractivity contribution in [1.82, 2.24) is 4.98 Å². The number of aromatic nitrogens is 1. The number of fused-ring (bicyclic) bond motifs is 2. The molecule has 2 aliphatic carbocycles. The van der Waals surface area contributed by atoms with E-state index in [0.717, 1.165) is 29.4 Å². The standard InChI is InChI=1S/C18H18N2O2S/c21-17(16-9-12-6-7-13(16)8-12)22-10-15-11-23-18(20-15)19-14-4-2-1-3-5-14/h1-7,11-13,16H,8-10H2,(H,19,20). The fourth-order valence-corrected chi connectivity index (χ4v) is 4.09. The summed E-state index contributed by atoms with van der Waals surface area (Å²) < 4.78 is 5.47. The van der Waals surface area contributed by atoms with Crippen LogP contribution in [-0.2, 0) is 16.1 Å². The van der Waals surface area contributed by atoms with Crippen LogP contribution < -0.4 is 5.32 Å². The molecule has 5 heteroatoms. The summed E-state index contributed by atoms with van der Waals surface area (Å²) in [4.78, 5) is 16.7. The molecule has 0 amide bonds. The number of carbonyl (C=O) groups excluding carboxylic acids is 1. The summed E-state index contributed by atoms with van der Waals surface area (Å²) in [6.45, 7) is 0.253. The zero-order chi connectivity index (χ0) is 15.6. The second kappa shape index (κ2) is 6.16. The maximum absolute atomic E-state index is 12.2. The number of hydrogen-bond donors (Lipinski definition) is 1. The minimum absolute atomic E-state index is 0.0468. The van der Waals surface area contributed by atoms with Gasteiger partial charge in [-0.1, -0.05) is 30.4 Å². The second-order valence-corrected chi connectivity index (χ2v) is 6.99. The highest BCUT2D eigenvalue weighted by atomic mass is 32.1. The van der Waals surface area contributed by atoms with Crippen LogP contribution in [0.5, 0.6) is 0 Å². The third kappa shape index (κ3) is 3.15. The Kier molecular flexibility index (Phi) is 3.87. The normalized spacial score (nSPS) is 24.8. The predicted octanol–water partition coefficient (Wildman–Crippen LogP) is 4.14. The summed E-state index contributed by atoms with van der Waals surface area (Å²) in [6, 6.07) is 9.90. The molecule has 0 aliphatic heterocycles. The molecule has 1 aromatic heterocycles. The third-order valence-electron chi connectivity index (χ3n) is 4.52. The van der Waals surface area contributed by atoms with Gasteiger partial charge in [0.1, 0.15) is 6.61 Å². The fraction of sp³-hybridized carbons (Fsp3) is 0.333. The van der Waals surface area contributed by atoms with Gasteiger partial charge in [0.2, 0.25) is 0 Å². The van der Waals surface area contributed by atoms with Gasteiger partial charge in [-0.3, -0.25) is 4.79 Å². The topological polar surface area (TPSA) is 51.2 Å². The number of benzene rings is 1. The number of nitrogens with zero attached hydrogens (tertiary/aromatic N) is 1. The van der Waals surface area contributed by atoms with E-state index in [2.05, 4.69) is 22.5 Å². The van der Waals surface area contributed by atoms with Gasteiger partial charge in [0.15, 0.2) is 5.13 Å². The number of nitrogens with one attached hydrogen (secondary N) is 1. The lowest BCUT2D eigenvalue weighted by Crippen LogP contribution is -2.21. The minimum atomic E-state index is -0.0765. The zero-order valence-electron chi connectivity index (χ0n) is 12.6. The van der Waals surface area contributed by atoms with Crippen LogP contribution in [0, 0.1) is 17.8 Å². The predicted molar refractivity (Wildman–Crippen MR) is 90.5 cm³/mol.